The fourth-order valence-corrected chi connectivity index (χ4v) is 3.45. The monoisotopic (exact) mass is 373 g/mol. The van der Waals surface area contributed by atoms with Gasteiger partial charge in [-0.15, -0.1) is 11.3 Å². The van der Waals surface area contributed by atoms with Crippen LogP contribution in [-0.4, -0.2) is 48.6 Å². The number of thiazole rings is 1. The van der Waals surface area contributed by atoms with E-state index < -0.39 is 0 Å². The molecular formula is C18H23N5O2S. The van der Waals surface area contributed by atoms with E-state index in [1.807, 2.05) is 52.3 Å². The van der Waals surface area contributed by atoms with Gasteiger partial charge in [0, 0.05) is 50.0 Å². The maximum Gasteiger partial charge on any atom is 0.194 e. The van der Waals surface area contributed by atoms with E-state index in [0.29, 0.717) is 13.1 Å². The lowest BCUT2D eigenvalue weighted by Crippen LogP contribution is -2.38. The first kappa shape index (κ1) is 18.1. The van der Waals surface area contributed by atoms with Gasteiger partial charge in [-0.25, -0.2) is 4.98 Å². The fraction of sp³-hybridized carbons (Fsp3) is 0.333. The molecule has 8 heteroatoms. The normalized spacial score (nSPS) is 11.6. The van der Waals surface area contributed by atoms with Gasteiger partial charge in [-0.2, -0.15) is 0 Å². The second-order valence-electron chi connectivity index (χ2n) is 5.76. The van der Waals surface area contributed by atoms with E-state index >= 15 is 0 Å². The minimum absolute atomic E-state index is 0.616. The van der Waals surface area contributed by atoms with Crippen molar-refractivity contribution in [2.24, 2.45) is 4.99 Å². The molecular weight excluding hydrogens is 350 g/mol. The highest BCUT2D eigenvalue weighted by Gasteiger charge is 2.12. The van der Waals surface area contributed by atoms with Crippen LogP contribution in [0.3, 0.4) is 0 Å². The van der Waals surface area contributed by atoms with Gasteiger partial charge in [0.05, 0.1) is 26.5 Å². The predicted octanol–water partition coefficient (Wildman–Crippen LogP) is 2.62. The van der Waals surface area contributed by atoms with E-state index in [0.717, 1.165) is 33.7 Å². The maximum atomic E-state index is 5.48. The zero-order valence-corrected chi connectivity index (χ0v) is 16.2. The average Bonchev–Trinajstić information content (AvgIpc) is 3.24. The summed E-state index contributed by atoms with van der Waals surface area (Å²) in [5.74, 6) is 2.36. The second-order valence-corrected chi connectivity index (χ2v) is 6.63. The van der Waals surface area contributed by atoms with Gasteiger partial charge < -0.3 is 19.7 Å². The van der Waals surface area contributed by atoms with Crippen molar-refractivity contribution in [3.05, 3.63) is 47.2 Å². The van der Waals surface area contributed by atoms with Crippen LogP contribution in [-0.2, 0) is 13.1 Å². The Bertz CT molecular complexity index is 874. The van der Waals surface area contributed by atoms with Crippen LogP contribution in [0.5, 0.6) is 11.5 Å². The maximum absolute atomic E-state index is 5.48. The van der Waals surface area contributed by atoms with Crippen LogP contribution < -0.4 is 14.8 Å². The summed E-state index contributed by atoms with van der Waals surface area (Å²) in [6, 6.07) is 5.82. The summed E-state index contributed by atoms with van der Waals surface area (Å²) in [5, 5.41) is 5.38. The summed E-state index contributed by atoms with van der Waals surface area (Å²) in [6.45, 7) is 1.27. The second kappa shape index (κ2) is 8.09. The van der Waals surface area contributed by atoms with Crippen LogP contribution in [0.15, 0.2) is 41.0 Å². The van der Waals surface area contributed by atoms with E-state index in [-0.39, 0.29) is 0 Å². The first-order valence-corrected chi connectivity index (χ1v) is 9.06. The number of benzene rings is 1. The van der Waals surface area contributed by atoms with Gasteiger partial charge in [-0.05, 0) is 12.1 Å². The van der Waals surface area contributed by atoms with Gasteiger partial charge in [0.1, 0.15) is 11.5 Å². The molecule has 0 radical (unpaired) electrons. The Morgan fingerprint density at radius 3 is 2.88 bits per heavy atom. The SMILES string of the molecule is CN=C(NCc1cn2ccsc2n1)N(C)Cc1ccc(OC)cc1OC. The van der Waals surface area contributed by atoms with Gasteiger partial charge in [0.25, 0.3) is 0 Å². The molecule has 0 saturated heterocycles. The minimum Gasteiger partial charge on any atom is -0.497 e. The molecule has 0 unspecified atom stereocenters. The van der Waals surface area contributed by atoms with Gasteiger partial charge in [0.2, 0.25) is 0 Å². The molecule has 26 heavy (non-hydrogen) atoms. The molecule has 0 saturated carbocycles. The van der Waals surface area contributed by atoms with E-state index in [1.54, 1.807) is 32.6 Å². The lowest BCUT2D eigenvalue weighted by Gasteiger charge is -2.23. The third-order valence-corrected chi connectivity index (χ3v) is 4.82. The zero-order chi connectivity index (χ0) is 18.5. The largest absolute Gasteiger partial charge is 0.497 e. The average molecular weight is 373 g/mol. The molecule has 0 atom stereocenters. The number of imidazole rings is 1. The Labute approximate surface area is 156 Å². The number of nitrogens with zero attached hydrogens (tertiary/aromatic N) is 4. The van der Waals surface area contributed by atoms with Crippen molar-refractivity contribution in [2.45, 2.75) is 13.1 Å². The Balaban J connectivity index is 1.65. The molecule has 0 amide bonds. The van der Waals surface area contributed by atoms with E-state index in [9.17, 15) is 0 Å². The number of methoxy groups -OCH3 is 2. The molecule has 0 aliphatic carbocycles. The van der Waals surface area contributed by atoms with Crippen molar-refractivity contribution in [3.63, 3.8) is 0 Å². The van der Waals surface area contributed by atoms with Crippen LogP contribution in [0, 0.1) is 0 Å². The predicted molar refractivity (Wildman–Crippen MR) is 104 cm³/mol. The number of aromatic nitrogens is 2. The number of hydrogen-bond acceptors (Lipinski definition) is 5. The Kier molecular flexibility index (Phi) is 5.62. The number of rotatable bonds is 6. The minimum atomic E-state index is 0.616. The van der Waals surface area contributed by atoms with Crippen molar-refractivity contribution in [3.8, 4) is 11.5 Å². The van der Waals surface area contributed by atoms with E-state index in [1.165, 1.54) is 0 Å². The number of hydrogen-bond donors (Lipinski definition) is 1. The summed E-state index contributed by atoms with van der Waals surface area (Å²) in [5.41, 5.74) is 2.04. The van der Waals surface area contributed by atoms with Crippen molar-refractivity contribution in [1.29, 1.82) is 0 Å². The molecule has 0 bridgehead atoms. The first-order chi connectivity index (χ1) is 12.6. The molecule has 1 aromatic carbocycles. The molecule has 0 aliphatic heterocycles. The molecule has 2 aromatic heterocycles. The summed E-state index contributed by atoms with van der Waals surface area (Å²) >= 11 is 1.62. The molecule has 138 valence electrons. The lowest BCUT2D eigenvalue weighted by molar-refractivity contribution is 0.382. The molecule has 3 rings (SSSR count). The number of fused-ring (bicyclic) bond motifs is 1. The standard InChI is InChI=1S/C18H23N5O2S/c1-19-17(20-10-14-12-23-7-8-26-18(23)21-14)22(2)11-13-5-6-15(24-3)9-16(13)25-4/h5-9,12H,10-11H2,1-4H3,(H,19,20). The number of guanidine groups is 1. The van der Waals surface area contributed by atoms with E-state index in [4.69, 9.17) is 9.47 Å². The van der Waals surface area contributed by atoms with Gasteiger partial charge in [-0.3, -0.25) is 9.39 Å². The van der Waals surface area contributed by atoms with Crippen molar-refractivity contribution < 1.29 is 9.47 Å². The lowest BCUT2D eigenvalue weighted by atomic mass is 10.2. The van der Waals surface area contributed by atoms with Crippen LogP contribution in [0.25, 0.3) is 4.96 Å². The Morgan fingerprint density at radius 2 is 2.19 bits per heavy atom. The van der Waals surface area contributed by atoms with Crippen molar-refractivity contribution in [2.75, 3.05) is 28.3 Å². The van der Waals surface area contributed by atoms with Crippen molar-refractivity contribution in [1.82, 2.24) is 19.6 Å². The van der Waals surface area contributed by atoms with E-state index in [2.05, 4.69) is 15.3 Å². The van der Waals surface area contributed by atoms with Crippen LogP contribution in [0.2, 0.25) is 0 Å². The summed E-state index contributed by atoms with van der Waals surface area (Å²) in [7, 11) is 7.07. The topological polar surface area (TPSA) is 63.4 Å². The number of ether oxygens (including phenoxy) is 2. The summed E-state index contributed by atoms with van der Waals surface area (Å²) in [6.07, 6.45) is 4.03. The van der Waals surface area contributed by atoms with Crippen molar-refractivity contribution >= 4 is 22.3 Å². The molecule has 0 fully saturated rings. The quantitative estimate of drug-likeness (QED) is 0.532. The zero-order valence-electron chi connectivity index (χ0n) is 15.4. The van der Waals surface area contributed by atoms with Gasteiger partial charge >= 0.3 is 0 Å². The smallest absolute Gasteiger partial charge is 0.194 e. The van der Waals surface area contributed by atoms with Gasteiger partial charge in [0.15, 0.2) is 10.9 Å². The molecule has 0 aliphatic rings. The highest BCUT2D eigenvalue weighted by Crippen LogP contribution is 2.25. The Hall–Kier alpha value is -2.74. The van der Waals surface area contributed by atoms with Gasteiger partial charge in [-0.1, -0.05) is 0 Å². The number of aliphatic imine (C=N–C) groups is 1. The van der Waals surface area contributed by atoms with Crippen LogP contribution >= 0.6 is 11.3 Å². The molecule has 3 aromatic rings. The van der Waals surface area contributed by atoms with Crippen LogP contribution in [0.1, 0.15) is 11.3 Å². The van der Waals surface area contributed by atoms with Crippen LogP contribution in [0.4, 0.5) is 0 Å². The third-order valence-electron chi connectivity index (χ3n) is 4.05. The molecule has 1 N–H and O–H groups in total. The molecule has 2 heterocycles. The fourth-order valence-electron chi connectivity index (χ4n) is 2.73. The number of nitrogens with one attached hydrogen (secondary N) is 1. The highest BCUT2D eigenvalue weighted by molar-refractivity contribution is 7.15. The molecule has 7 nitrogen and oxygen atoms in total. The summed E-state index contributed by atoms with van der Waals surface area (Å²) < 4.78 is 12.8. The Morgan fingerprint density at radius 1 is 1.35 bits per heavy atom. The molecule has 0 spiro atoms. The highest BCUT2D eigenvalue weighted by atomic mass is 32.1. The summed E-state index contributed by atoms with van der Waals surface area (Å²) in [4.78, 5) is 12.0. The first-order valence-electron chi connectivity index (χ1n) is 8.18. The third kappa shape index (κ3) is 3.91.